The van der Waals surface area contributed by atoms with Crippen molar-refractivity contribution in [2.24, 2.45) is 0 Å². The maximum Gasteiger partial charge on any atom is 0.324 e. The number of nitrogens with zero attached hydrogens (tertiary/aromatic N) is 5. The number of rotatable bonds is 6. The molecule has 0 N–H and O–H groups in total. The zero-order valence-corrected chi connectivity index (χ0v) is 17.7. The smallest absolute Gasteiger partial charge is 0.324 e. The topological polar surface area (TPSA) is 97.3 Å². The highest BCUT2D eigenvalue weighted by Gasteiger charge is 2.29. The van der Waals surface area contributed by atoms with Gasteiger partial charge in [-0.3, -0.25) is 4.98 Å². The van der Waals surface area contributed by atoms with Crippen LogP contribution in [-0.2, 0) is 4.74 Å². The van der Waals surface area contributed by atoms with E-state index in [9.17, 15) is 5.26 Å². The van der Waals surface area contributed by atoms with E-state index < -0.39 is 0 Å². The van der Waals surface area contributed by atoms with Crippen molar-refractivity contribution >= 4 is 6.01 Å². The Labute approximate surface area is 177 Å². The average Bonchev–Trinajstić information content (AvgIpc) is 3.27. The van der Waals surface area contributed by atoms with Crippen LogP contribution < -0.4 is 9.64 Å². The van der Waals surface area contributed by atoms with Crippen molar-refractivity contribution in [2.45, 2.75) is 76.6 Å². The molecule has 0 amide bonds. The van der Waals surface area contributed by atoms with Crippen molar-refractivity contribution in [3.05, 3.63) is 29.8 Å². The fourth-order valence-corrected chi connectivity index (χ4v) is 4.08. The largest absolute Gasteiger partial charge is 0.489 e. The molecule has 2 aliphatic rings. The minimum absolute atomic E-state index is 0.133. The molecule has 0 aromatic carbocycles. The van der Waals surface area contributed by atoms with E-state index in [0.29, 0.717) is 17.3 Å². The summed E-state index contributed by atoms with van der Waals surface area (Å²) in [5.74, 6) is 1.66. The van der Waals surface area contributed by atoms with E-state index in [1.807, 2.05) is 0 Å². The van der Waals surface area contributed by atoms with Gasteiger partial charge < -0.3 is 18.9 Å². The van der Waals surface area contributed by atoms with Crippen LogP contribution in [0.25, 0.3) is 0 Å². The first-order chi connectivity index (χ1) is 14.6. The molecule has 1 aliphatic heterocycles. The molecular formula is C22H29N5O3. The van der Waals surface area contributed by atoms with E-state index in [2.05, 4.69) is 39.9 Å². The van der Waals surface area contributed by atoms with Gasteiger partial charge in [0.2, 0.25) is 0 Å². The predicted octanol–water partition coefficient (Wildman–Crippen LogP) is 3.84. The number of nitriles is 1. The van der Waals surface area contributed by atoms with Crippen LogP contribution in [0.5, 0.6) is 5.75 Å². The Morgan fingerprint density at radius 1 is 1.10 bits per heavy atom. The summed E-state index contributed by atoms with van der Waals surface area (Å²) in [5, 5.41) is 13.2. The van der Waals surface area contributed by atoms with Gasteiger partial charge in [-0.2, -0.15) is 10.2 Å². The van der Waals surface area contributed by atoms with Crippen molar-refractivity contribution in [3.63, 3.8) is 0 Å². The van der Waals surface area contributed by atoms with Gasteiger partial charge in [0.1, 0.15) is 17.4 Å². The van der Waals surface area contributed by atoms with Crippen molar-refractivity contribution < 1.29 is 14.0 Å². The van der Waals surface area contributed by atoms with Crippen molar-refractivity contribution in [1.29, 1.82) is 5.26 Å². The second kappa shape index (κ2) is 9.43. The molecule has 160 valence electrons. The normalized spacial score (nSPS) is 22.8. The van der Waals surface area contributed by atoms with Gasteiger partial charge in [0.05, 0.1) is 18.3 Å². The number of hydrogen-bond acceptors (Lipinski definition) is 8. The van der Waals surface area contributed by atoms with Crippen LogP contribution in [0.15, 0.2) is 23.0 Å². The summed E-state index contributed by atoms with van der Waals surface area (Å²) in [4.78, 5) is 10.6. The molecule has 1 saturated heterocycles. The van der Waals surface area contributed by atoms with Gasteiger partial charge in [-0.1, -0.05) is 19.0 Å². The fourth-order valence-electron chi connectivity index (χ4n) is 4.08. The lowest BCUT2D eigenvalue weighted by atomic mass is 9.94. The molecule has 30 heavy (non-hydrogen) atoms. The van der Waals surface area contributed by atoms with Gasteiger partial charge in [-0.15, -0.1) is 0 Å². The Kier molecular flexibility index (Phi) is 6.48. The highest BCUT2D eigenvalue weighted by Crippen LogP contribution is 2.29. The van der Waals surface area contributed by atoms with E-state index in [1.165, 1.54) is 0 Å². The van der Waals surface area contributed by atoms with Crippen LogP contribution in [0, 0.1) is 11.3 Å². The second-order valence-corrected chi connectivity index (χ2v) is 8.41. The number of ether oxygens (including phenoxy) is 2. The zero-order chi connectivity index (χ0) is 20.9. The quantitative estimate of drug-likeness (QED) is 0.707. The predicted molar refractivity (Wildman–Crippen MR) is 110 cm³/mol. The maximum absolute atomic E-state index is 9.18. The molecule has 2 aromatic heterocycles. The summed E-state index contributed by atoms with van der Waals surface area (Å²) in [6.45, 7) is 5.88. The minimum atomic E-state index is 0.133. The molecule has 2 aromatic rings. The number of aromatic nitrogens is 3. The molecular weight excluding hydrogens is 382 g/mol. The minimum Gasteiger partial charge on any atom is -0.489 e. The van der Waals surface area contributed by atoms with E-state index in [4.69, 9.17) is 14.0 Å². The zero-order valence-electron chi connectivity index (χ0n) is 17.7. The first-order valence-corrected chi connectivity index (χ1v) is 10.9. The van der Waals surface area contributed by atoms with Crippen molar-refractivity contribution in [3.8, 4) is 11.8 Å². The fraction of sp³-hybridized carbons (Fsp3) is 0.636. The molecule has 8 nitrogen and oxygen atoms in total. The van der Waals surface area contributed by atoms with Crippen LogP contribution in [0.2, 0.25) is 0 Å². The molecule has 3 heterocycles. The number of pyridine rings is 1. The maximum atomic E-state index is 9.18. The average molecular weight is 412 g/mol. The van der Waals surface area contributed by atoms with Gasteiger partial charge in [0.25, 0.3) is 0 Å². The Bertz CT molecular complexity index is 862. The summed E-state index contributed by atoms with van der Waals surface area (Å²) >= 11 is 0. The van der Waals surface area contributed by atoms with Crippen LogP contribution in [-0.4, -0.2) is 46.5 Å². The van der Waals surface area contributed by atoms with E-state index in [-0.39, 0.29) is 24.2 Å². The number of anilines is 1. The van der Waals surface area contributed by atoms with Gasteiger partial charge in [0.15, 0.2) is 5.82 Å². The lowest BCUT2D eigenvalue weighted by Crippen LogP contribution is -2.39. The summed E-state index contributed by atoms with van der Waals surface area (Å²) in [6.07, 6.45) is 9.70. The van der Waals surface area contributed by atoms with Crippen molar-refractivity contribution in [2.75, 3.05) is 18.0 Å². The number of hydrogen-bond donors (Lipinski definition) is 0. The van der Waals surface area contributed by atoms with Gasteiger partial charge in [-0.05, 0) is 44.6 Å². The highest BCUT2D eigenvalue weighted by atomic mass is 16.5. The monoisotopic (exact) mass is 411 g/mol. The van der Waals surface area contributed by atoms with Gasteiger partial charge in [-0.25, -0.2) is 0 Å². The lowest BCUT2D eigenvalue weighted by molar-refractivity contribution is -0.0530. The molecule has 0 bridgehead atoms. The Balaban J connectivity index is 1.20. The standard InChI is InChI=1S/C22H29N5O3/c1-15(2)21-25-22(30-26-21)27-11-8-19(9-12-27)28-17-3-5-18(6-4-17)29-20-7-10-24-14-16(20)13-23/h7,10,14-15,17-19H,3-6,8-9,11-12H2,1-2H3. The summed E-state index contributed by atoms with van der Waals surface area (Å²) in [5.41, 5.74) is 0.490. The van der Waals surface area contributed by atoms with Gasteiger partial charge >= 0.3 is 6.01 Å². The Morgan fingerprint density at radius 3 is 2.47 bits per heavy atom. The molecule has 1 saturated carbocycles. The molecule has 4 rings (SSSR count). The van der Waals surface area contributed by atoms with E-state index in [0.717, 1.165) is 57.4 Å². The molecule has 0 spiro atoms. The number of piperidine rings is 1. The molecule has 8 heteroatoms. The molecule has 0 unspecified atom stereocenters. The van der Waals surface area contributed by atoms with E-state index >= 15 is 0 Å². The lowest BCUT2D eigenvalue weighted by Gasteiger charge is -2.35. The summed E-state index contributed by atoms with van der Waals surface area (Å²) in [6, 6.07) is 4.53. The summed E-state index contributed by atoms with van der Waals surface area (Å²) in [7, 11) is 0. The third-order valence-electron chi connectivity index (χ3n) is 5.86. The first kappa shape index (κ1) is 20.6. The molecule has 0 atom stereocenters. The third-order valence-corrected chi connectivity index (χ3v) is 5.86. The third kappa shape index (κ3) is 4.90. The molecule has 0 radical (unpaired) electrons. The van der Waals surface area contributed by atoms with Crippen LogP contribution >= 0.6 is 0 Å². The van der Waals surface area contributed by atoms with Gasteiger partial charge in [0, 0.05) is 31.4 Å². The molecule has 2 fully saturated rings. The summed E-state index contributed by atoms with van der Waals surface area (Å²) < 4.78 is 17.9. The van der Waals surface area contributed by atoms with Crippen molar-refractivity contribution in [1.82, 2.24) is 15.1 Å². The first-order valence-electron chi connectivity index (χ1n) is 10.9. The SMILES string of the molecule is CC(C)c1noc(N2CCC(OC3CCC(Oc4ccncc4C#N)CC3)CC2)n1. The highest BCUT2D eigenvalue weighted by molar-refractivity contribution is 5.40. The van der Waals surface area contributed by atoms with Crippen LogP contribution in [0.4, 0.5) is 6.01 Å². The molecule has 1 aliphatic carbocycles. The van der Waals surface area contributed by atoms with Crippen LogP contribution in [0.3, 0.4) is 0 Å². The van der Waals surface area contributed by atoms with Crippen LogP contribution in [0.1, 0.15) is 69.7 Å². The second-order valence-electron chi connectivity index (χ2n) is 8.41. The Morgan fingerprint density at radius 2 is 1.80 bits per heavy atom. The van der Waals surface area contributed by atoms with E-state index in [1.54, 1.807) is 18.5 Å². The Hall–Kier alpha value is -2.66.